The molecule has 1 aromatic heterocycles. The van der Waals surface area contributed by atoms with Crippen LogP contribution in [0.1, 0.15) is 5.76 Å². The molecule has 1 aromatic rings. The Kier molecular flexibility index (Phi) is 2.38. The van der Waals surface area contributed by atoms with Gasteiger partial charge in [-0.15, -0.1) is 0 Å². The van der Waals surface area contributed by atoms with Crippen molar-refractivity contribution < 1.29 is 26.4 Å². The Morgan fingerprint density at radius 3 is 2.21 bits per heavy atom. The van der Waals surface area contributed by atoms with Crippen LogP contribution >= 0.6 is 0 Å². The fourth-order valence-electron chi connectivity index (χ4n) is 0.723. The summed E-state index contributed by atoms with van der Waals surface area (Å²) in [7, 11) is 0. The predicted octanol–water partition coefficient (Wildman–Crippen LogP) is 2.00. The van der Waals surface area contributed by atoms with Crippen molar-refractivity contribution in [1.29, 1.82) is 0 Å². The molecule has 0 saturated carbocycles. The van der Waals surface area contributed by atoms with Crippen molar-refractivity contribution >= 4 is 6.01 Å². The number of hydrogen-bond acceptors (Lipinski definition) is 3. The molecule has 2 N–H and O–H groups in total. The van der Waals surface area contributed by atoms with E-state index < -0.39 is 30.3 Å². The third-order valence-electron chi connectivity index (χ3n) is 1.38. The Labute approximate surface area is 74.7 Å². The highest BCUT2D eigenvalue weighted by Crippen LogP contribution is 2.38. The summed E-state index contributed by atoms with van der Waals surface area (Å²) in [5.74, 6) is -5.44. The van der Waals surface area contributed by atoms with E-state index >= 15 is 0 Å². The topological polar surface area (TPSA) is 52.0 Å². The van der Waals surface area contributed by atoms with E-state index in [1.165, 1.54) is 0 Å². The Morgan fingerprint density at radius 1 is 1.29 bits per heavy atom. The van der Waals surface area contributed by atoms with Crippen LogP contribution in [-0.2, 0) is 6.42 Å². The third kappa shape index (κ3) is 2.12. The second-order valence-corrected chi connectivity index (χ2v) is 2.54. The Morgan fingerprint density at radius 2 is 1.86 bits per heavy atom. The van der Waals surface area contributed by atoms with Crippen LogP contribution in [0, 0.1) is 0 Å². The van der Waals surface area contributed by atoms with E-state index in [4.69, 9.17) is 5.73 Å². The van der Waals surface area contributed by atoms with E-state index in [2.05, 4.69) is 9.40 Å². The summed E-state index contributed by atoms with van der Waals surface area (Å²) in [5.41, 5.74) is 4.90. The number of halogens is 5. The van der Waals surface area contributed by atoms with Crippen LogP contribution in [0.25, 0.3) is 0 Å². The van der Waals surface area contributed by atoms with Gasteiger partial charge in [0.15, 0.2) is 0 Å². The van der Waals surface area contributed by atoms with Gasteiger partial charge < -0.3 is 10.2 Å². The van der Waals surface area contributed by atoms with Crippen LogP contribution in [-0.4, -0.2) is 17.1 Å². The van der Waals surface area contributed by atoms with Crippen LogP contribution in [0.2, 0.25) is 0 Å². The first-order valence-electron chi connectivity index (χ1n) is 3.37. The molecule has 14 heavy (non-hydrogen) atoms. The maximum absolute atomic E-state index is 12.4. The van der Waals surface area contributed by atoms with E-state index in [-0.39, 0.29) is 0 Å². The number of rotatable bonds is 2. The number of nitrogen functional groups attached to an aromatic ring is 1. The predicted molar refractivity (Wildman–Crippen MR) is 35.6 cm³/mol. The van der Waals surface area contributed by atoms with Crippen molar-refractivity contribution in [1.82, 2.24) is 4.98 Å². The highest BCUT2D eigenvalue weighted by atomic mass is 19.4. The molecule has 0 radical (unpaired) electrons. The normalized spacial score (nSPS) is 13.2. The van der Waals surface area contributed by atoms with E-state index in [0.29, 0.717) is 0 Å². The molecule has 0 bridgehead atoms. The lowest BCUT2D eigenvalue weighted by Gasteiger charge is -2.17. The molecule has 1 heterocycles. The van der Waals surface area contributed by atoms with Crippen molar-refractivity contribution in [2.45, 2.75) is 18.5 Å². The summed E-state index contributed by atoms with van der Waals surface area (Å²) in [6.07, 6.45) is -6.47. The molecular weight excluding hydrogens is 211 g/mol. The van der Waals surface area contributed by atoms with Gasteiger partial charge in [-0.05, 0) is 0 Å². The lowest BCUT2D eigenvalue weighted by molar-refractivity contribution is -0.282. The highest BCUT2D eigenvalue weighted by molar-refractivity contribution is 5.12. The molecular formula is C6H5F5N2O. The maximum Gasteiger partial charge on any atom is 0.453 e. The zero-order valence-electron chi connectivity index (χ0n) is 6.61. The summed E-state index contributed by atoms with van der Waals surface area (Å²) in [4.78, 5) is 3.19. The third-order valence-corrected chi connectivity index (χ3v) is 1.38. The summed E-state index contributed by atoms with van der Waals surface area (Å²) >= 11 is 0. The number of aromatic nitrogens is 1. The number of hydrogen-bond donors (Lipinski definition) is 1. The molecule has 0 atom stereocenters. The summed E-state index contributed by atoms with van der Waals surface area (Å²) in [5, 5.41) is 0. The lowest BCUT2D eigenvalue weighted by Crippen LogP contribution is -2.38. The fraction of sp³-hybridized carbons (Fsp3) is 0.500. The average Bonchev–Trinajstić information content (AvgIpc) is 2.31. The molecule has 0 unspecified atom stereocenters. The Hall–Kier alpha value is -1.34. The second-order valence-electron chi connectivity index (χ2n) is 2.54. The maximum atomic E-state index is 12.4. The zero-order valence-corrected chi connectivity index (χ0v) is 6.61. The molecule has 0 aliphatic carbocycles. The van der Waals surface area contributed by atoms with Gasteiger partial charge in [-0.2, -0.15) is 22.0 Å². The standard InChI is InChI=1S/C6H5F5N2O/c7-5(8,6(9,10)11)1-3-2-13-4(12)14-3/h2H,1H2,(H2,12,13). The van der Waals surface area contributed by atoms with Crippen molar-refractivity contribution in [2.75, 3.05) is 5.73 Å². The quantitative estimate of drug-likeness (QED) is 0.769. The first kappa shape index (κ1) is 10.7. The molecule has 3 nitrogen and oxygen atoms in total. The number of nitrogens with two attached hydrogens (primary N) is 1. The van der Waals surface area contributed by atoms with Crippen molar-refractivity contribution in [2.24, 2.45) is 0 Å². The van der Waals surface area contributed by atoms with Gasteiger partial charge in [-0.25, -0.2) is 4.98 Å². The number of nitrogens with zero attached hydrogens (tertiary/aromatic N) is 1. The molecule has 0 spiro atoms. The van der Waals surface area contributed by atoms with Crippen LogP contribution in [0.3, 0.4) is 0 Å². The molecule has 0 amide bonds. The summed E-state index contributed by atoms with van der Waals surface area (Å²) in [6, 6.07) is -0.446. The molecule has 0 fully saturated rings. The molecule has 80 valence electrons. The van der Waals surface area contributed by atoms with E-state index in [9.17, 15) is 22.0 Å². The van der Waals surface area contributed by atoms with Crippen molar-refractivity contribution in [3.05, 3.63) is 12.0 Å². The first-order chi connectivity index (χ1) is 6.22. The largest absolute Gasteiger partial charge is 0.453 e. The van der Waals surface area contributed by atoms with E-state index in [1.807, 2.05) is 0 Å². The van der Waals surface area contributed by atoms with Gasteiger partial charge in [0.1, 0.15) is 5.76 Å². The van der Waals surface area contributed by atoms with Gasteiger partial charge in [-0.1, -0.05) is 0 Å². The van der Waals surface area contributed by atoms with Crippen molar-refractivity contribution in [3.63, 3.8) is 0 Å². The van der Waals surface area contributed by atoms with Crippen LogP contribution in [0.15, 0.2) is 10.6 Å². The van der Waals surface area contributed by atoms with Gasteiger partial charge in [0.05, 0.1) is 12.6 Å². The molecule has 1 rings (SSSR count). The summed E-state index contributed by atoms with van der Waals surface area (Å²) in [6.45, 7) is 0. The molecule has 0 aliphatic heterocycles. The van der Waals surface area contributed by atoms with E-state index in [1.54, 1.807) is 0 Å². The van der Waals surface area contributed by atoms with Crippen LogP contribution < -0.4 is 5.73 Å². The van der Waals surface area contributed by atoms with E-state index in [0.717, 1.165) is 6.20 Å². The van der Waals surface area contributed by atoms with Gasteiger partial charge in [0.25, 0.3) is 6.01 Å². The van der Waals surface area contributed by atoms with Gasteiger partial charge in [0, 0.05) is 0 Å². The summed E-state index contributed by atoms with van der Waals surface area (Å²) < 4.78 is 64.1. The number of oxazole rings is 1. The lowest BCUT2D eigenvalue weighted by atomic mass is 10.2. The Bertz CT molecular complexity index is 318. The second kappa shape index (κ2) is 3.10. The first-order valence-corrected chi connectivity index (χ1v) is 3.37. The minimum absolute atomic E-state index is 0.446. The zero-order chi connectivity index (χ0) is 11.0. The smallest absolute Gasteiger partial charge is 0.429 e. The minimum Gasteiger partial charge on any atom is -0.429 e. The van der Waals surface area contributed by atoms with Crippen LogP contribution in [0.5, 0.6) is 0 Å². The van der Waals surface area contributed by atoms with Gasteiger partial charge in [0.2, 0.25) is 0 Å². The highest BCUT2D eigenvalue weighted by Gasteiger charge is 2.57. The van der Waals surface area contributed by atoms with Crippen LogP contribution in [0.4, 0.5) is 28.0 Å². The number of anilines is 1. The molecule has 0 aromatic carbocycles. The van der Waals surface area contributed by atoms with Gasteiger partial charge in [-0.3, -0.25) is 0 Å². The Balaban J connectivity index is 2.78. The fourth-order valence-corrected chi connectivity index (χ4v) is 0.723. The monoisotopic (exact) mass is 216 g/mol. The average molecular weight is 216 g/mol. The number of alkyl halides is 5. The molecule has 8 heteroatoms. The van der Waals surface area contributed by atoms with Crippen molar-refractivity contribution in [3.8, 4) is 0 Å². The minimum atomic E-state index is -5.60. The SMILES string of the molecule is Nc1ncc(CC(F)(F)C(F)(F)F)o1. The molecule has 0 aliphatic rings. The van der Waals surface area contributed by atoms with Gasteiger partial charge >= 0.3 is 12.1 Å². The molecule has 0 saturated heterocycles.